The highest BCUT2D eigenvalue weighted by Gasteiger charge is 2.26. The highest BCUT2D eigenvalue weighted by atomic mass is 19.1. The van der Waals surface area contributed by atoms with Crippen LogP contribution in [0.3, 0.4) is 0 Å². The van der Waals surface area contributed by atoms with Gasteiger partial charge in [-0.2, -0.15) is 0 Å². The summed E-state index contributed by atoms with van der Waals surface area (Å²) in [6, 6.07) is 4.78. The zero-order valence-electron chi connectivity index (χ0n) is 9.99. The van der Waals surface area contributed by atoms with E-state index < -0.39 is 0 Å². The first kappa shape index (κ1) is 11.3. The molecule has 1 saturated carbocycles. The second-order valence-electron chi connectivity index (χ2n) is 4.72. The third-order valence-corrected chi connectivity index (χ3v) is 3.16. The molecule has 1 fully saturated rings. The molecule has 0 bridgehead atoms. The van der Waals surface area contributed by atoms with Gasteiger partial charge in [-0.3, -0.25) is 4.79 Å². The zero-order chi connectivity index (χ0) is 12.5. The minimum atomic E-state index is -0.321. The summed E-state index contributed by atoms with van der Waals surface area (Å²) in [6.07, 6.45) is 2.16. The van der Waals surface area contributed by atoms with E-state index in [1.54, 1.807) is 6.07 Å². The number of halogens is 1. The first-order valence-electron chi connectivity index (χ1n) is 6.19. The fourth-order valence-corrected chi connectivity index (χ4v) is 2.09. The maximum absolute atomic E-state index is 13.1. The molecule has 96 valence electrons. The Labute approximate surface area is 105 Å². The van der Waals surface area contributed by atoms with Crippen LogP contribution in [0.4, 0.5) is 10.1 Å². The summed E-state index contributed by atoms with van der Waals surface area (Å²) in [5, 5.41) is 2.95. The van der Waals surface area contributed by atoms with Gasteiger partial charge < -0.3 is 15.0 Å². The van der Waals surface area contributed by atoms with Crippen molar-refractivity contribution in [1.29, 1.82) is 0 Å². The van der Waals surface area contributed by atoms with Gasteiger partial charge in [-0.15, -0.1) is 0 Å². The van der Waals surface area contributed by atoms with Crippen LogP contribution in [0.5, 0.6) is 5.75 Å². The van der Waals surface area contributed by atoms with Gasteiger partial charge in [0.1, 0.15) is 18.2 Å². The standard InChI is InChI=1S/C13H15FN2O2/c14-9-1-4-11-12(7-9)18-6-5-16(11)8-13(17)15-10-2-3-10/h1,4,7,10H,2-3,5-6,8H2,(H,15,17). The maximum Gasteiger partial charge on any atom is 0.239 e. The topological polar surface area (TPSA) is 41.6 Å². The van der Waals surface area contributed by atoms with E-state index in [2.05, 4.69) is 5.32 Å². The molecular weight excluding hydrogens is 235 g/mol. The van der Waals surface area contributed by atoms with Crippen LogP contribution in [-0.4, -0.2) is 31.6 Å². The van der Waals surface area contributed by atoms with Crippen molar-refractivity contribution in [2.45, 2.75) is 18.9 Å². The van der Waals surface area contributed by atoms with Gasteiger partial charge in [0.15, 0.2) is 0 Å². The highest BCUT2D eigenvalue weighted by molar-refractivity contribution is 5.82. The molecule has 1 aliphatic heterocycles. The largest absolute Gasteiger partial charge is 0.489 e. The number of hydrogen-bond acceptors (Lipinski definition) is 3. The number of anilines is 1. The van der Waals surface area contributed by atoms with Crippen LogP contribution in [0.25, 0.3) is 0 Å². The Hall–Kier alpha value is -1.78. The number of rotatable bonds is 3. The molecule has 1 aromatic rings. The van der Waals surface area contributed by atoms with Gasteiger partial charge in [-0.25, -0.2) is 4.39 Å². The lowest BCUT2D eigenvalue weighted by Crippen LogP contribution is -2.41. The minimum Gasteiger partial charge on any atom is -0.489 e. The molecule has 18 heavy (non-hydrogen) atoms. The van der Waals surface area contributed by atoms with Crippen molar-refractivity contribution in [1.82, 2.24) is 5.32 Å². The summed E-state index contributed by atoms with van der Waals surface area (Å²) >= 11 is 0. The second-order valence-corrected chi connectivity index (χ2v) is 4.72. The van der Waals surface area contributed by atoms with Crippen LogP contribution in [0.15, 0.2) is 18.2 Å². The van der Waals surface area contributed by atoms with Gasteiger partial charge in [-0.1, -0.05) is 0 Å². The summed E-state index contributed by atoms with van der Waals surface area (Å²) in [5.74, 6) is 0.216. The fraction of sp³-hybridized carbons (Fsp3) is 0.462. The summed E-state index contributed by atoms with van der Waals surface area (Å²) in [7, 11) is 0. The Morgan fingerprint density at radius 3 is 3.11 bits per heavy atom. The first-order chi connectivity index (χ1) is 8.72. The molecule has 4 nitrogen and oxygen atoms in total. The van der Waals surface area contributed by atoms with E-state index in [0.717, 1.165) is 18.5 Å². The molecule has 1 amide bonds. The number of hydrogen-bond donors (Lipinski definition) is 1. The number of amides is 1. The molecular formula is C13H15FN2O2. The fourth-order valence-electron chi connectivity index (χ4n) is 2.09. The maximum atomic E-state index is 13.1. The van der Waals surface area contributed by atoms with E-state index in [0.29, 0.717) is 31.5 Å². The summed E-state index contributed by atoms with van der Waals surface area (Å²) < 4.78 is 18.5. The molecule has 1 aliphatic carbocycles. The van der Waals surface area contributed by atoms with Crippen molar-refractivity contribution in [3.8, 4) is 5.75 Å². The van der Waals surface area contributed by atoms with Gasteiger partial charge >= 0.3 is 0 Å². The molecule has 1 heterocycles. The smallest absolute Gasteiger partial charge is 0.239 e. The minimum absolute atomic E-state index is 0.0228. The number of nitrogens with one attached hydrogen (secondary N) is 1. The van der Waals surface area contributed by atoms with E-state index >= 15 is 0 Å². The van der Waals surface area contributed by atoms with Gasteiger partial charge in [0.2, 0.25) is 5.91 Å². The molecule has 5 heteroatoms. The summed E-state index contributed by atoms with van der Waals surface area (Å²) in [6.45, 7) is 1.43. The lowest BCUT2D eigenvalue weighted by Gasteiger charge is -2.30. The molecule has 1 aromatic carbocycles. The Kier molecular flexibility index (Phi) is 2.81. The van der Waals surface area contributed by atoms with E-state index in [1.165, 1.54) is 12.1 Å². The van der Waals surface area contributed by atoms with Crippen LogP contribution >= 0.6 is 0 Å². The number of fused-ring (bicyclic) bond motifs is 1. The third-order valence-electron chi connectivity index (χ3n) is 3.16. The van der Waals surface area contributed by atoms with Crippen LogP contribution in [0.2, 0.25) is 0 Å². The van der Waals surface area contributed by atoms with Crippen molar-refractivity contribution in [3.05, 3.63) is 24.0 Å². The van der Waals surface area contributed by atoms with Gasteiger partial charge in [0, 0.05) is 12.1 Å². The molecule has 0 radical (unpaired) electrons. The van der Waals surface area contributed by atoms with Crippen LogP contribution in [-0.2, 0) is 4.79 Å². The van der Waals surface area contributed by atoms with E-state index in [1.807, 2.05) is 4.90 Å². The predicted molar refractivity (Wildman–Crippen MR) is 65.3 cm³/mol. The van der Waals surface area contributed by atoms with Crippen molar-refractivity contribution >= 4 is 11.6 Å². The van der Waals surface area contributed by atoms with Crippen LogP contribution < -0.4 is 15.0 Å². The molecule has 2 aliphatic rings. The predicted octanol–water partition coefficient (Wildman–Crippen LogP) is 1.30. The number of ether oxygens (including phenoxy) is 1. The lowest BCUT2D eigenvalue weighted by molar-refractivity contribution is -0.119. The Morgan fingerprint density at radius 1 is 1.50 bits per heavy atom. The zero-order valence-corrected chi connectivity index (χ0v) is 9.99. The lowest BCUT2D eigenvalue weighted by atomic mass is 10.2. The Morgan fingerprint density at radius 2 is 2.33 bits per heavy atom. The summed E-state index contributed by atoms with van der Waals surface area (Å²) in [4.78, 5) is 13.7. The average Bonchev–Trinajstić information content (AvgIpc) is 3.12. The van der Waals surface area contributed by atoms with E-state index in [9.17, 15) is 9.18 Å². The van der Waals surface area contributed by atoms with Crippen molar-refractivity contribution < 1.29 is 13.9 Å². The van der Waals surface area contributed by atoms with E-state index in [4.69, 9.17) is 4.74 Å². The number of carbonyl (C=O) groups is 1. The number of nitrogens with zero attached hydrogens (tertiary/aromatic N) is 1. The first-order valence-corrected chi connectivity index (χ1v) is 6.19. The average molecular weight is 250 g/mol. The molecule has 1 N–H and O–H groups in total. The summed E-state index contributed by atoms with van der Waals surface area (Å²) in [5.41, 5.74) is 0.786. The van der Waals surface area contributed by atoms with Gasteiger partial charge in [0.05, 0.1) is 18.8 Å². The van der Waals surface area contributed by atoms with E-state index in [-0.39, 0.29) is 11.7 Å². The van der Waals surface area contributed by atoms with Gasteiger partial charge in [-0.05, 0) is 25.0 Å². The van der Waals surface area contributed by atoms with Crippen molar-refractivity contribution in [2.24, 2.45) is 0 Å². The SMILES string of the molecule is O=C(CN1CCOc2cc(F)ccc21)NC1CC1. The quantitative estimate of drug-likeness (QED) is 0.879. The number of benzene rings is 1. The molecule has 0 unspecified atom stereocenters. The van der Waals surface area contributed by atoms with Crippen LogP contribution in [0.1, 0.15) is 12.8 Å². The number of carbonyl (C=O) groups excluding carboxylic acids is 1. The molecule has 0 atom stereocenters. The van der Waals surface area contributed by atoms with Crippen molar-refractivity contribution in [3.63, 3.8) is 0 Å². The molecule has 3 rings (SSSR count). The Bertz CT molecular complexity index is 474. The highest BCUT2D eigenvalue weighted by Crippen LogP contribution is 2.31. The Balaban J connectivity index is 1.72. The molecule has 0 spiro atoms. The van der Waals surface area contributed by atoms with Crippen molar-refractivity contribution in [2.75, 3.05) is 24.6 Å². The van der Waals surface area contributed by atoms with Crippen LogP contribution in [0, 0.1) is 5.82 Å². The second kappa shape index (κ2) is 4.48. The third kappa shape index (κ3) is 2.39. The molecule has 0 aromatic heterocycles. The van der Waals surface area contributed by atoms with Gasteiger partial charge in [0.25, 0.3) is 0 Å². The normalized spacial score (nSPS) is 17.9. The molecule has 0 saturated heterocycles. The monoisotopic (exact) mass is 250 g/mol.